The van der Waals surface area contributed by atoms with Crippen LogP contribution in [0.15, 0.2) is 24.3 Å². The van der Waals surface area contributed by atoms with Gasteiger partial charge in [-0.15, -0.1) is 0 Å². The number of ether oxygens (including phenoxy) is 4. The Morgan fingerprint density at radius 2 is 0.602 bits per heavy atom. The largest absolute Gasteiger partial charge is 0.472 e. The highest BCUT2D eigenvalue weighted by molar-refractivity contribution is 7.47. The molecule has 0 radical (unpaired) electrons. The molecule has 0 aromatic carbocycles. The molecule has 19 heteroatoms. The zero-order valence-corrected chi connectivity index (χ0v) is 65.5. The number of hydrogen-bond donors (Lipinski definition) is 3. The van der Waals surface area contributed by atoms with Crippen LogP contribution in [0.3, 0.4) is 0 Å². The maximum Gasteiger partial charge on any atom is 0.472 e. The van der Waals surface area contributed by atoms with Crippen LogP contribution in [0.4, 0.5) is 0 Å². The molecule has 3 unspecified atom stereocenters. The Hall–Kier alpha value is -2.46. The van der Waals surface area contributed by atoms with Gasteiger partial charge in [-0.3, -0.25) is 37.3 Å². The first-order valence-electron chi connectivity index (χ1n) is 40.2. The smallest absolute Gasteiger partial charge is 0.462 e. The maximum absolute atomic E-state index is 13.1. The molecule has 0 amide bonds. The zero-order chi connectivity index (χ0) is 72.3. The van der Waals surface area contributed by atoms with Crippen LogP contribution in [0.5, 0.6) is 0 Å². The predicted molar refractivity (Wildman–Crippen MR) is 400 cm³/mol. The number of phosphoric acid groups is 2. The second-order valence-corrected chi connectivity index (χ2v) is 31.9. The van der Waals surface area contributed by atoms with Gasteiger partial charge in [0.2, 0.25) is 0 Å². The fourth-order valence-electron chi connectivity index (χ4n) is 11.6. The summed E-state index contributed by atoms with van der Waals surface area (Å²) >= 11 is 0. The van der Waals surface area contributed by atoms with Gasteiger partial charge in [-0.2, -0.15) is 0 Å². The van der Waals surface area contributed by atoms with Crippen molar-refractivity contribution in [2.75, 3.05) is 39.6 Å². The molecular formula is C79H150O17P2. The molecule has 0 saturated carbocycles. The molecule has 0 aliphatic heterocycles. The minimum absolute atomic E-state index is 0.100. The first kappa shape index (κ1) is 95.5. The molecule has 0 aliphatic carbocycles. The van der Waals surface area contributed by atoms with Gasteiger partial charge >= 0.3 is 39.5 Å². The third-order valence-corrected chi connectivity index (χ3v) is 20.0. The minimum Gasteiger partial charge on any atom is -0.462 e. The first-order valence-corrected chi connectivity index (χ1v) is 43.2. The van der Waals surface area contributed by atoms with Crippen LogP contribution in [-0.4, -0.2) is 96.7 Å². The lowest BCUT2D eigenvalue weighted by Crippen LogP contribution is -2.30. The summed E-state index contributed by atoms with van der Waals surface area (Å²) in [5, 5.41) is 10.6. The molecule has 0 aromatic heterocycles. The van der Waals surface area contributed by atoms with Crippen molar-refractivity contribution in [1.29, 1.82) is 0 Å². The Morgan fingerprint density at radius 3 is 0.908 bits per heavy atom. The highest BCUT2D eigenvalue weighted by Crippen LogP contribution is 2.45. The monoisotopic (exact) mass is 1430 g/mol. The molecular weight excluding hydrogens is 1280 g/mol. The normalized spacial score (nSPS) is 14.4. The summed E-state index contributed by atoms with van der Waals surface area (Å²) in [5.74, 6) is 0.161. The SMILES string of the molecule is CCCCCC/C=C\C=C/CCCCCCCC(=O)OC[C@H](COP(=O)(O)OC[C@@H](O)COP(=O)(O)OC[C@@H](COC(=O)CCCCCCCCC(C)C)OC(=O)CCCCCCCCCCCCCCCC(C)C)OC(=O)CCCCCCCCCCCCCCCCC(C)CC. The summed E-state index contributed by atoms with van der Waals surface area (Å²) in [6.45, 7) is 11.8. The molecule has 0 heterocycles. The van der Waals surface area contributed by atoms with Gasteiger partial charge in [-0.05, 0) is 69.1 Å². The van der Waals surface area contributed by atoms with Crippen LogP contribution < -0.4 is 0 Å². The fourth-order valence-corrected chi connectivity index (χ4v) is 13.1. The highest BCUT2D eigenvalue weighted by Gasteiger charge is 2.30. The molecule has 578 valence electrons. The molecule has 3 N–H and O–H groups in total. The van der Waals surface area contributed by atoms with Crippen LogP contribution in [0.25, 0.3) is 0 Å². The van der Waals surface area contributed by atoms with Crippen LogP contribution in [0.1, 0.15) is 382 Å². The highest BCUT2D eigenvalue weighted by atomic mass is 31.2. The Morgan fingerprint density at radius 1 is 0.337 bits per heavy atom. The first-order chi connectivity index (χ1) is 47.3. The molecule has 0 spiro atoms. The average molecular weight is 1430 g/mol. The standard InChI is InChI=1S/C79H150O17P2/c1-8-10-11-12-13-14-15-16-17-23-28-33-38-46-53-60-76(81)89-66-74(95-78(83)62-55-48-39-34-29-24-19-18-22-27-32-37-45-52-59-72(7)9-2)68-93-97(85,86)91-64-73(80)65-92-98(87,88)94-69-75(67-90-77(82)61-54-47-42-41-44-51-58-71(5)6)96-79(84)63-56-49-40-35-30-25-20-21-26-31-36-43-50-57-70(3)4/h14-17,70-75,80H,8-13,18-69H2,1-7H3,(H,85,86)(H,87,88)/b15-14-,17-16-/t72?,73-,74-,75-/m1/s1. The van der Waals surface area contributed by atoms with E-state index in [2.05, 4.69) is 72.8 Å². The van der Waals surface area contributed by atoms with Gasteiger partial charge < -0.3 is 33.8 Å². The number of rotatable bonds is 75. The summed E-state index contributed by atoms with van der Waals surface area (Å²) in [7, 11) is -9.93. The minimum atomic E-state index is -4.97. The van der Waals surface area contributed by atoms with Gasteiger partial charge in [0.25, 0.3) is 0 Å². The lowest BCUT2D eigenvalue weighted by Gasteiger charge is -2.21. The van der Waals surface area contributed by atoms with E-state index in [1.807, 2.05) is 0 Å². The molecule has 0 aromatic rings. The van der Waals surface area contributed by atoms with E-state index in [1.165, 1.54) is 167 Å². The number of esters is 4. The molecule has 98 heavy (non-hydrogen) atoms. The van der Waals surface area contributed by atoms with Crippen molar-refractivity contribution in [3.8, 4) is 0 Å². The fraction of sp³-hybridized carbons (Fsp3) is 0.899. The van der Waals surface area contributed by atoms with Crippen molar-refractivity contribution in [1.82, 2.24) is 0 Å². The molecule has 0 rings (SSSR count). The third-order valence-electron chi connectivity index (χ3n) is 18.1. The van der Waals surface area contributed by atoms with E-state index >= 15 is 0 Å². The van der Waals surface area contributed by atoms with E-state index in [9.17, 15) is 43.2 Å². The Labute approximate surface area is 599 Å². The van der Waals surface area contributed by atoms with E-state index in [0.29, 0.717) is 31.6 Å². The molecule has 17 nitrogen and oxygen atoms in total. The Bertz CT molecular complexity index is 2000. The molecule has 6 atom stereocenters. The van der Waals surface area contributed by atoms with E-state index in [-0.39, 0.29) is 25.7 Å². The number of unbranched alkanes of at least 4 members (excludes halogenated alkanes) is 39. The molecule has 0 fully saturated rings. The van der Waals surface area contributed by atoms with Gasteiger partial charge in [-0.1, -0.05) is 330 Å². The zero-order valence-electron chi connectivity index (χ0n) is 63.7. The molecule has 0 saturated heterocycles. The maximum atomic E-state index is 13.1. The van der Waals surface area contributed by atoms with Crippen LogP contribution in [-0.2, 0) is 65.4 Å². The van der Waals surface area contributed by atoms with Crippen LogP contribution >= 0.6 is 15.6 Å². The van der Waals surface area contributed by atoms with Gasteiger partial charge in [-0.25, -0.2) is 9.13 Å². The summed E-state index contributed by atoms with van der Waals surface area (Å²) in [6.07, 6.45) is 59.1. The van der Waals surface area contributed by atoms with E-state index in [0.717, 1.165) is 127 Å². The van der Waals surface area contributed by atoms with Crippen molar-refractivity contribution in [3.05, 3.63) is 24.3 Å². The van der Waals surface area contributed by atoms with Gasteiger partial charge in [0.1, 0.15) is 19.3 Å². The average Bonchev–Trinajstić information content (AvgIpc) is 1.64. The van der Waals surface area contributed by atoms with E-state index < -0.39 is 97.5 Å². The van der Waals surface area contributed by atoms with Crippen molar-refractivity contribution in [2.45, 2.75) is 401 Å². The molecule has 0 bridgehead atoms. The van der Waals surface area contributed by atoms with Crippen LogP contribution in [0.2, 0.25) is 0 Å². The van der Waals surface area contributed by atoms with E-state index in [1.54, 1.807) is 0 Å². The third kappa shape index (κ3) is 70.6. The summed E-state index contributed by atoms with van der Waals surface area (Å²) < 4.78 is 68.6. The van der Waals surface area contributed by atoms with Crippen molar-refractivity contribution >= 4 is 39.5 Å². The number of carbonyl (C=O) groups is 4. The number of carbonyl (C=O) groups excluding carboxylic acids is 4. The molecule has 0 aliphatic rings. The quantitative estimate of drug-likeness (QED) is 0.0169. The second kappa shape index (κ2) is 68.9. The summed E-state index contributed by atoms with van der Waals surface area (Å²) in [5.41, 5.74) is 0. The topological polar surface area (TPSA) is 237 Å². The lowest BCUT2D eigenvalue weighted by molar-refractivity contribution is -0.161. The van der Waals surface area contributed by atoms with E-state index in [4.69, 9.17) is 37.0 Å². The van der Waals surface area contributed by atoms with Gasteiger partial charge in [0, 0.05) is 25.7 Å². The number of aliphatic hydroxyl groups excluding tert-OH is 1. The number of hydrogen-bond acceptors (Lipinski definition) is 15. The van der Waals surface area contributed by atoms with Gasteiger partial charge in [0.15, 0.2) is 12.2 Å². The van der Waals surface area contributed by atoms with Crippen molar-refractivity contribution < 1.29 is 80.2 Å². The van der Waals surface area contributed by atoms with Crippen LogP contribution in [0, 0.1) is 17.8 Å². The number of aliphatic hydroxyl groups is 1. The second-order valence-electron chi connectivity index (χ2n) is 29.0. The number of allylic oxidation sites excluding steroid dienone is 4. The van der Waals surface area contributed by atoms with Crippen molar-refractivity contribution in [2.24, 2.45) is 17.8 Å². The predicted octanol–water partition coefficient (Wildman–Crippen LogP) is 22.9. The Balaban J connectivity index is 5.27. The Kier molecular flexibility index (Phi) is 67.2. The summed E-state index contributed by atoms with van der Waals surface area (Å²) in [6, 6.07) is 0. The lowest BCUT2D eigenvalue weighted by atomic mass is 9.99. The van der Waals surface area contributed by atoms with Crippen molar-refractivity contribution in [3.63, 3.8) is 0 Å². The summed E-state index contributed by atoms with van der Waals surface area (Å²) in [4.78, 5) is 72.9. The number of phosphoric ester groups is 2. The van der Waals surface area contributed by atoms with Gasteiger partial charge in [0.05, 0.1) is 26.4 Å².